The van der Waals surface area contributed by atoms with Crippen LogP contribution in [-0.2, 0) is 19.1 Å². The summed E-state index contributed by atoms with van der Waals surface area (Å²) in [7, 11) is 2.73. The van der Waals surface area contributed by atoms with E-state index in [1.807, 2.05) is 0 Å². The van der Waals surface area contributed by atoms with Crippen LogP contribution in [0.5, 0.6) is 0 Å². The first-order valence-electron chi connectivity index (χ1n) is 4.69. The Labute approximate surface area is 84.6 Å². The van der Waals surface area contributed by atoms with Crippen LogP contribution in [-0.4, -0.2) is 32.6 Å². The Balaban J connectivity index is 4.86. The highest BCUT2D eigenvalue weighted by Crippen LogP contribution is 2.29. The standard InChI is InChI=1S/C10H18O4/c1-5-10(6-2,9(12)14-4)8(11)7-13-3/h5-7H2,1-4H3. The maximum Gasteiger partial charge on any atom is 0.319 e. The van der Waals surface area contributed by atoms with E-state index in [4.69, 9.17) is 4.74 Å². The number of Topliss-reactive ketones (excluding diaryl/α,β-unsaturated/α-hetero) is 1. The summed E-state index contributed by atoms with van der Waals surface area (Å²) in [6, 6.07) is 0. The van der Waals surface area contributed by atoms with Crippen LogP contribution < -0.4 is 0 Å². The van der Waals surface area contributed by atoms with Gasteiger partial charge in [-0.15, -0.1) is 0 Å². The van der Waals surface area contributed by atoms with E-state index in [-0.39, 0.29) is 12.4 Å². The van der Waals surface area contributed by atoms with Crippen LogP contribution in [0.4, 0.5) is 0 Å². The van der Waals surface area contributed by atoms with Crippen molar-refractivity contribution in [2.75, 3.05) is 20.8 Å². The first-order valence-corrected chi connectivity index (χ1v) is 4.69. The zero-order valence-electron chi connectivity index (χ0n) is 9.25. The molecule has 0 aromatic rings. The Hall–Kier alpha value is -0.900. The van der Waals surface area contributed by atoms with Gasteiger partial charge in [-0.1, -0.05) is 13.8 Å². The molecule has 0 aromatic carbocycles. The minimum atomic E-state index is -1.02. The van der Waals surface area contributed by atoms with Gasteiger partial charge in [-0.2, -0.15) is 0 Å². The van der Waals surface area contributed by atoms with E-state index in [9.17, 15) is 9.59 Å². The average molecular weight is 202 g/mol. The zero-order valence-corrected chi connectivity index (χ0v) is 9.25. The molecule has 14 heavy (non-hydrogen) atoms. The molecule has 0 amide bonds. The molecule has 0 unspecified atom stereocenters. The van der Waals surface area contributed by atoms with Crippen molar-refractivity contribution in [3.63, 3.8) is 0 Å². The molecule has 0 saturated heterocycles. The fourth-order valence-electron chi connectivity index (χ4n) is 1.51. The second-order valence-corrected chi connectivity index (χ2v) is 3.14. The van der Waals surface area contributed by atoms with Gasteiger partial charge < -0.3 is 9.47 Å². The molecule has 0 aliphatic heterocycles. The zero-order chi connectivity index (χ0) is 11.2. The smallest absolute Gasteiger partial charge is 0.319 e. The fraction of sp³-hybridized carbons (Fsp3) is 0.800. The highest BCUT2D eigenvalue weighted by Gasteiger charge is 2.43. The Morgan fingerprint density at radius 1 is 1.14 bits per heavy atom. The summed E-state index contributed by atoms with van der Waals surface area (Å²) in [6.45, 7) is 3.55. The van der Waals surface area contributed by atoms with E-state index < -0.39 is 11.4 Å². The van der Waals surface area contributed by atoms with Gasteiger partial charge in [-0.3, -0.25) is 9.59 Å². The molecule has 0 rings (SSSR count). The largest absolute Gasteiger partial charge is 0.468 e. The number of carbonyl (C=O) groups is 2. The van der Waals surface area contributed by atoms with Crippen molar-refractivity contribution in [2.24, 2.45) is 5.41 Å². The van der Waals surface area contributed by atoms with Gasteiger partial charge in [0.25, 0.3) is 0 Å². The van der Waals surface area contributed by atoms with Crippen molar-refractivity contribution in [2.45, 2.75) is 26.7 Å². The number of rotatable bonds is 6. The van der Waals surface area contributed by atoms with Crippen LogP contribution in [0.1, 0.15) is 26.7 Å². The van der Waals surface area contributed by atoms with Crippen molar-refractivity contribution in [3.05, 3.63) is 0 Å². The number of methoxy groups -OCH3 is 2. The molecule has 0 spiro atoms. The van der Waals surface area contributed by atoms with E-state index in [1.54, 1.807) is 13.8 Å². The van der Waals surface area contributed by atoms with Gasteiger partial charge in [-0.25, -0.2) is 0 Å². The Morgan fingerprint density at radius 3 is 1.93 bits per heavy atom. The minimum absolute atomic E-state index is 0.0449. The van der Waals surface area contributed by atoms with Gasteiger partial charge >= 0.3 is 5.97 Å². The number of ether oxygens (including phenoxy) is 2. The van der Waals surface area contributed by atoms with Crippen molar-refractivity contribution >= 4 is 11.8 Å². The lowest BCUT2D eigenvalue weighted by atomic mass is 9.78. The van der Waals surface area contributed by atoms with Gasteiger partial charge in [0.1, 0.15) is 12.0 Å². The van der Waals surface area contributed by atoms with Crippen LogP contribution >= 0.6 is 0 Å². The molecule has 4 heteroatoms. The molecule has 0 aliphatic carbocycles. The van der Waals surface area contributed by atoms with Gasteiger partial charge in [0, 0.05) is 7.11 Å². The van der Waals surface area contributed by atoms with Crippen LogP contribution in [0.3, 0.4) is 0 Å². The van der Waals surface area contributed by atoms with Gasteiger partial charge in [0.15, 0.2) is 5.78 Å². The first kappa shape index (κ1) is 13.1. The predicted molar refractivity (Wildman–Crippen MR) is 51.9 cm³/mol. The second kappa shape index (κ2) is 5.75. The predicted octanol–water partition coefficient (Wildman–Crippen LogP) is 1.18. The van der Waals surface area contributed by atoms with Crippen molar-refractivity contribution < 1.29 is 19.1 Å². The second-order valence-electron chi connectivity index (χ2n) is 3.14. The third-order valence-corrected chi connectivity index (χ3v) is 2.59. The third kappa shape index (κ3) is 2.32. The van der Waals surface area contributed by atoms with E-state index in [2.05, 4.69) is 4.74 Å². The molecule has 0 bridgehead atoms. The van der Waals surface area contributed by atoms with Gasteiger partial charge in [0.05, 0.1) is 7.11 Å². The highest BCUT2D eigenvalue weighted by molar-refractivity contribution is 6.04. The minimum Gasteiger partial charge on any atom is -0.468 e. The summed E-state index contributed by atoms with van der Waals surface area (Å²) in [4.78, 5) is 23.2. The lowest BCUT2D eigenvalue weighted by Gasteiger charge is -2.26. The molecular formula is C10H18O4. The maximum atomic E-state index is 11.7. The SMILES string of the molecule is CCC(CC)(C(=O)COC)C(=O)OC. The summed E-state index contributed by atoms with van der Waals surface area (Å²) >= 11 is 0. The number of ketones is 1. The number of carbonyl (C=O) groups excluding carboxylic acids is 2. The monoisotopic (exact) mass is 202 g/mol. The van der Waals surface area contributed by atoms with Crippen LogP contribution in [0, 0.1) is 5.41 Å². The summed E-state index contributed by atoms with van der Waals surface area (Å²) < 4.78 is 9.40. The topological polar surface area (TPSA) is 52.6 Å². The van der Waals surface area contributed by atoms with Gasteiger partial charge in [-0.05, 0) is 12.8 Å². The summed E-state index contributed by atoms with van der Waals surface area (Å²) in [5.41, 5.74) is -1.02. The quantitative estimate of drug-likeness (QED) is 0.479. The van der Waals surface area contributed by atoms with Crippen LogP contribution in [0.25, 0.3) is 0 Å². The fourth-order valence-corrected chi connectivity index (χ4v) is 1.51. The number of hydrogen-bond acceptors (Lipinski definition) is 4. The molecule has 82 valence electrons. The summed E-state index contributed by atoms with van der Waals surface area (Å²) in [5.74, 6) is -0.679. The Bertz CT molecular complexity index is 206. The van der Waals surface area contributed by atoms with Gasteiger partial charge in [0.2, 0.25) is 0 Å². The van der Waals surface area contributed by atoms with E-state index in [0.717, 1.165) is 0 Å². The lowest BCUT2D eigenvalue weighted by Crippen LogP contribution is -2.41. The molecule has 0 radical (unpaired) electrons. The average Bonchev–Trinajstić information content (AvgIpc) is 2.20. The molecule has 0 aromatic heterocycles. The first-order chi connectivity index (χ1) is 6.58. The van der Waals surface area contributed by atoms with E-state index in [1.165, 1.54) is 14.2 Å². The van der Waals surface area contributed by atoms with E-state index in [0.29, 0.717) is 12.8 Å². The molecule has 0 N–H and O–H groups in total. The van der Waals surface area contributed by atoms with Crippen molar-refractivity contribution in [1.82, 2.24) is 0 Å². The molecule has 0 atom stereocenters. The highest BCUT2D eigenvalue weighted by atomic mass is 16.5. The van der Waals surface area contributed by atoms with Crippen LogP contribution in [0.15, 0.2) is 0 Å². The van der Waals surface area contributed by atoms with Crippen molar-refractivity contribution in [1.29, 1.82) is 0 Å². The Kier molecular flexibility index (Phi) is 5.38. The van der Waals surface area contributed by atoms with Crippen LogP contribution in [0.2, 0.25) is 0 Å². The summed E-state index contributed by atoms with van der Waals surface area (Å²) in [5, 5.41) is 0. The van der Waals surface area contributed by atoms with Crippen molar-refractivity contribution in [3.8, 4) is 0 Å². The maximum absolute atomic E-state index is 11.7. The molecule has 0 aliphatic rings. The summed E-state index contributed by atoms with van der Waals surface area (Å²) in [6.07, 6.45) is 0.886. The number of esters is 1. The molecule has 0 fully saturated rings. The lowest BCUT2D eigenvalue weighted by molar-refractivity contribution is -0.160. The molecular weight excluding hydrogens is 184 g/mol. The Morgan fingerprint density at radius 2 is 1.64 bits per heavy atom. The molecule has 0 saturated carbocycles. The molecule has 4 nitrogen and oxygen atoms in total. The third-order valence-electron chi connectivity index (χ3n) is 2.59. The normalized spacial score (nSPS) is 11.1. The number of hydrogen-bond donors (Lipinski definition) is 0. The van der Waals surface area contributed by atoms with E-state index >= 15 is 0 Å². The molecule has 0 heterocycles.